The molecule has 0 bridgehead atoms. The average Bonchev–Trinajstić information content (AvgIpc) is 3.18. The number of nitrogens with one attached hydrogen (secondary N) is 1. The number of fused-ring (bicyclic) bond motifs is 1. The van der Waals surface area contributed by atoms with E-state index in [1.807, 2.05) is 0 Å². The predicted molar refractivity (Wildman–Crippen MR) is 84.7 cm³/mol. The molecule has 0 atom stereocenters. The number of aryl methyl sites for hydroxylation is 1. The van der Waals surface area contributed by atoms with Gasteiger partial charge in [0.1, 0.15) is 5.76 Å². The topological polar surface area (TPSA) is 59.3 Å². The highest BCUT2D eigenvalue weighted by Crippen LogP contribution is 2.55. The first-order valence-corrected chi connectivity index (χ1v) is 8.06. The van der Waals surface area contributed by atoms with Gasteiger partial charge in [-0.1, -0.05) is 20.4 Å². The van der Waals surface area contributed by atoms with Gasteiger partial charge in [-0.2, -0.15) is 0 Å². The van der Waals surface area contributed by atoms with Gasteiger partial charge in [0.05, 0.1) is 5.56 Å². The molecule has 3 rings (SSSR count). The van der Waals surface area contributed by atoms with Crippen molar-refractivity contribution in [2.24, 2.45) is 11.3 Å². The van der Waals surface area contributed by atoms with E-state index in [1.54, 1.807) is 0 Å². The Kier molecular flexibility index (Phi) is 3.71. The van der Waals surface area contributed by atoms with E-state index in [9.17, 15) is 9.59 Å². The van der Waals surface area contributed by atoms with Crippen LogP contribution in [0.5, 0.6) is 0 Å². The zero-order valence-electron chi connectivity index (χ0n) is 13.3. The third kappa shape index (κ3) is 2.74. The lowest BCUT2D eigenvalue weighted by molar-refractivity contribution is 0.0952. The van der Waals surface area contributed by atoms with Crippen molar-refractivity contribution in [1.29, 1.82) is 0 Å². The van der Waals surface area contributed by atoms with Crippen molar-refractivity contribution in [3.63, 3.8) is 0 Å². The van der Waals surface area contributed by atoms with Crippen LogP contribution < -0.4 is 10.9 Å². The minimum absolute atomic E-state index is 0.199. The fourth-order valence-corrected chi connectivity index (χ4v) is 3.56. The fraction of sp³-hybridized carbons (Fsp3) is 0.556. The van der Waals surface area contributed by atoms with Gasteiger partial charge < -0.3 is 9.73 Å². The van der Waals surface area contributed by atoms with E-state index in [2.05, 4.69) is 25.7 Å². The predicted octanol–water partition coefficient (Wildman–Crippen LogP) is 3.20. The van der Waals surface area contributed by atoms with Crippen LogP contribution in [0.4, 0.5) is 0 Å². The van der Waals surface area contributed by atoms with E-state index >= 15 is 0 Å². The third-order valence-electron chi connectivity index (χ3n) is 5.24. The molecule has 0 spiro atoms. The second-order valence-electron chi connectivity index (χ2n) is 6.99. The molecule has 2 aliphatic rings. The van der Waals surface area contributed by atoms with Crippen molar-refractivity contribution in [3.8, 4) is 0 Å². The zero-order valence-corrected chi connectivity index (χ0v) is 13.3. The number of rotatable bonds is 5. The summed E-state index contributed by atoms with van der Waals surface area (Å²) in [6.45, 7) is 8.32. The number of hydrogen-bond donors (Lipinski definition) is 1. The lowest BCUT2D eigenvalue weighted by Gasteiger charge is -2.21. The molecule has 22 heavy (non-hydrogen) atoms. The Morgan fingerprint density at radius 1 is 1.36 bits per heavy atom. The molecule has 0 saturated heterocycles. The standard InChI is InChI=1S/C18H23NO3/c1-11(2)18(7-8-18)6-4-5-13-10-15(20)22-14-9-12(3)19-17(21)16(13)14/h10-11H,3-9H2,1-2H3,(H,19,21). The van der Waals surface area contributed by atoms with Crippen molar-refractivity contribution in [3.05, 3.63) is 45.6 Å². The van der Waals surface area contributed by atoms with Gasteiger partial charge in [-0.15, -0.1) is 0 Å². The Balaban J connectivity index is 1.78. The summed E-state index contributed by atoms with van der Waals surface area (Å²) < 4.78 is 5.20. The summed E-state index contributed by atoms with van der Waals surface area (Å²) in [5.74, 6) is 0.963. The monoisotopic (exact) mass is 301 g/mol. The molecular weight excluding hydrogens is 278 g/mol. The number of carbonyl (C=O) groups excluding carboxylic acids is 1. The maximum absolute atomic E-state index is 12.2. The zero-order chi connectivity index (χ0) is 15.9. The largest absolute Gasteiger partial charge is 0.427 e. The van der Waals surface area contributed by atoms with Crippen molar-refractivity contribution in [1.82, 2.24) is 5.32 Å². The van der Waals surface area contributed by atoms with Crippen LogP contribution in [0.3, 0.4) is 0 Å². The minimum Gasteiger partial charge on any atom is -0.427 e. The molecule has 1 saturated carbocycles. The van der Waals surface area contributed by atoms with Crippen LogP contribution in [0.2, 0.25) is 0 Å². The third-order valence-corrected chi connectivity index (χ3v) is 5.24. The van der Waals surface area contributed by atoms with E-state index in [-0.39, 0.29) is 11.5 Å². The van der Waals surface area contributed by atoms with Crippen molar-refractivity contribution < 1.29 is 9.21 Å². The van der Waals surface area contributed by atoms with E-state index < -0.39 is 0 Å². The molecule has 1 fully saturated rings. The van der Waals surface area contributed by atoms with E-state index in [4.69, 9.17) is 4.42 Å². The summed E-state index contributed by atoms with van der Waals surface area (Å²) in [6, 6.07) is 1.47. The molecule has 118 valence electrons. The lowest BCUT2D eigenvalue weighted by Crippen LogP contribution is -2.32. The molecule has 1 aromatic rings. The molecule has 0 radical (unpaired) electrons. The van der Waals surface area contributed by atoms with Crippen LogP contribution in [-0.4, -0.2) is 5.91 Å². The maximum Gasteiger partial charge on any atom is 0.336 e. The van der Waals surface area contributed by atoms with Gasteiger partial charge in [0.25, 0.3) is 5.91 Å². The first kappa shape index (κ1) is 15.1. The smallest absolute Gasteiger partial charge is 0.336 e. The van der Waals surface area contributed by atoms with Gasteiger partial charge >= 0.3 is 5.63 Å². The molecule has 1 aliphatic carbocycles. The van der Waals surface area contributed by atoms with Gasteiger partial charge in [0.2, 0.25) is 0 Å². The van der Waals surface area contributed by atoms with E-state index in [0.717, 1.165) is 24.8 Å². The Labute approximate surface area is 130 Å². The molecule has 2 heterocycles. The Bertz CT molecular complexity index is 680. The van der Waals surface area contributed by atoms with Crippen LogP contribution in [0.25, 0.3) is 0 Å². The van der Waals surface area contributed by atoms with Gasteiger partial charge in [0.15, 0.2) is 0 Å². The summed E-state index contributed by atoms with van der Waals surface area (Å²) in [5.41, 5.74) is 2.06. The maximum atomic E-state index is 12.2. The summed E-state index contributed by atoms with van der Waals surface area (Å²) in [4.78, 5) is 23.9. The molecule has 1 N–H and O–H groups in total. The quantitative estimate of drug-likeness (QED) is 0.908. The summed E-state index contributed by atoms with van der Waals surface area (Å²) in [6.07, 6.45) is 5.93. The molecule has 0 aromatic carbocycles. The highest BCUT2D eigenvalue weighted by molar-refractivity contribution is 5.98. The summed E-state index contributed by atoms with van der Waals surface area (Å²) >= 11 is 0. The first-order valence-electron chi connectivity index (χ1n) is 8.06. The van der Waals surface area contributed by atoms with Crippen molar-refractivity contribution in [2.75, 3.05) is 0 Å². The minimum atomic E-state index is -0.374. The van der Waals surface area contributed by atoms with Crippen LogP contribution in [0.15, 0.2) is 27.6 Å². The lowest BCUT2D eigenvalue weighted by atomic mass is 9.86. The number of allylic oxidation sites excluding steroid dienone is 1. The normalized spacial score (nSPS) is 19.0. The highest BCUT2D eigenvalue weighted by atomic mass is 16.4. The Morgan fingerprint density at radius 2 is 2.09 bits per heavy atom. The summed E-state index contributed by atoms with van der Waals surface area (Å²) in [5, 5.41) is 2.74. The van der Waals surface area contributed by atoms with Crippen LogP contribution in [-0.2, 0) is 12.8 Å². The Morgan fingerprint density at radius 3 is 2.73 bits per heavy atom. The second-order valence-corrected chi connectivity index (χ2v) is 6.99. The van der Waals surface area contributed by atoms with Gasteiger partial charge in [-0.05, 0) is 49.0 Å². The molecule has 4 nitrogen and oxygen atoms in total. The van der Waals surface area contributed by atoms with Gasteiger partial charge in [-0.3, -0.25) is 4.79 Å². The SMILES string of the molecule is C=C1Cc2oc(=O)cc(CCCC3(C(C)C)CC3)c2C(=O)N1. The number of amides is 1. The molecule has 1 aliphatic heterocycles. The summed E-state index contributed by atoms with van der Waals surface area (Å²) in [7, 11) is 0. The van der Waals surface area contributed by atoms with Crippen LogP contribution in [0.1, 0.15) is 61.2 Å². The van der Waals surface area contributed by atoms with Gasteiger partial charge in [-0.25, -0.2) is 4.79 Å². The molecular formula is C18H23NO3. The number of carbonyl (C=O) groups is 1. The molecule has 1 aromatic heterocycles. The molecule has 0 unspecified atom stereocenters. The second kappa shape index (κ2) is 5.41. The van der Waals surface area contributed by atoms with Crippen molar-refractivity contribution in [2.45, 2.75) is 52.4 Å². The highest BCUT2D eigenvalue weighted by Gasteiger charge is 2.44. The van der Waals surface area contributed by atoms with E-state index in [1.165, 1.54) is 18.9 Å². The fourth-order valence-electron chi connectivity index (χ4n) is 3.56. The molecule has 1 amide bonds. The van der Waals surface area contributed by atoms with Crippen LogP contribution >= 0.6 is 0 Å². The van der Waals surface area contributed by atoms with Crippen LogP contribution in [0, 0.1) is 11.3 Å². The average molecular weight is 301 g/mol. The first-order chi connectivity index (χ1) is 10.4. The Hall–Kier alpha value is -1.84. The van der Waals surface area contributed by atoms with Crippen molar-refractivity contribution >= 4 is 5.91 Å². The molecule has 4 heteroatoms. The van der Waals surface area contributed by atoms with E-state index in [0.29, 0.717) is 34.8 Å². The van der Waals surface area contributed by atoms with Gasteiger partial charge in [0, 0.05) is 18.2 Å². The number of hydrogen-bond acceptors (Lipinski definition) is 3.